The number of hydrogen-bond acceptors (Lipinski definition) is 2. The van der Waals surface area contributed by atoms with Crippen molar-refractivity contribution >= 4 is 0 Å². The number of allylic oxidation sites excluding steroid dienone is 1. The van der Waals surface area contributed by atoms with Gasteiger partial charge in [-0.15, -0.1) is 0 Å². The highest BCUT2D eigenvalue weighted by Crippen LogP contribution is 2.22. The van der Waals surface area contributed by atoms with Crippen molar-refractivity contribution < 1.29 is 9.47 Å². The Kier molecular flexibility index (Phi) is 6.07. The first-order valence-electron chi connectivity index (χ1n) is 6.62. The van der Waals surface area contributed by atoms with E-state index in [-0.39, 0.29) is 6.10 Å². The first kappa shape index (κ1) is 13.7. The summed E-state index contributed by atoms with van der Waals surface area (Å²) in [6, 6.07) is 0. The fraction of sp³-hybridized carbons (Fsp3) is 0.857. The van der Waals surface area contributed by atoms with Crippen LogP contribution in [0.3, 0.4) is 0 Å². The lowest BCUT2D eigenvalue weighted by molar-refractivity contribution is -0.133. The van der Waals surface area contributed by atoms with Gasteiger partial charge in [-0.1, -0.05) is 44.8 Å². The van der Waals surface area contributed by atoms with Gasteiger partial charge in [-0.3, -0.25) is 0 Å². The molecule has 1 fully saturated rings. The summed E-state index contributed by atoms with van der Waals surface area (Å²) in [7, 11) is 0. The van der Waals surface area contributed by atoms with Crippen LogP contribution in [-0.2, 0) is 9.47 Å². The van der Waals surface area contributed by atoms with Crippen LogP contribution >= 0.6 is 0 Å². The van der Waals surface area contributed by atoms with Gasteiger partial charge in [0.1, 0.15) is 6.10 Å². The summed E-state index contributed by atoms with van der Waals surface area (Å²) in [5.41, 5.74) is 0. The Bertz CT molecular complexity index is 209. The number of ether oxygens (including phenoxy) is 2. The minimum atomic E-state index is -0.393. The monoisotopic (exact) mass is 226 g/mol. The Hall–Kier alpha value is -0.340. The Balaban J connectivity index is 2.01. The maximum atomic E-state index is 5.68. The van der Waals surface area contributed by atoms with E-state index in [0.29, 0.717) is 6.61 Å². The quantitative estimate of drug-likeness (QED) is 0.481. The van der Waals surface area contributed by atoms with Crippen LogP contribution in [0.5, 0.6) is 0 Å². The molecule has 0 aromatic rings. The molecule has 0 aromatic heterocycles. The lowest BCUT2D eigenvalue weighted by atomic mass is 10.1. The van der Waals surface area contributed by atoms with Crippen molar-refractivity contribution in [2.24, 2.45) is 0 Å². The molecule has 2 heteroatoms. The van der Waals surface area contributed by atoms with Crippen LogP contribution in [0.15, 0.2) is 12.2 Å². The molecule has 1 aliphatic rings. The van der Waals surface area contributed by atoms with Crippen molar-refractivity contribution in [2.75, 3.05) is 6.61 Å². The van der Waals surface area contributed by atoms with Crippen LogP contribution in [0.2, 0.25) is 0 Å². The summed E-state index contributed by atoms with van der Waals surface area (Å²) < 4.78 is 11.2. The summed E-state index contributed by atoms with van der Waals surface area (Å²) in [6.07, 6.45) is 12.4. The van der Waals surface area contributed by atoms with Crippen LogP contribution in [0.4, 0.5) is 0 Å². The maximum absolute atomic E-state index is 5.68. The van der Waals surface area contributed by atoms with Gasteiger partial charge in [0.25, 0.3) is 0 Å². The molecule has 1 rings (SSSR count). The zero-order chi connectivity index (χ0) is 11.9. The molecular formula is C14H26O2. The normalized spacial score (nSPS) is 24.3. The second kappa shape index (κ2) is 7.08. The van der Waals surface area contributed by atoms with Gasteiger partial charge in [0.15, 0.2) is 5.79 Å². The van der Waals surface area contributed by atoms with Gasteiger partial charge in [-0.05, 0) is 26.7 Å². The molecule has 1 saturated heterocycles. The molecule has 0 radical (unpaired) electrons. The zero-order valence-electron chi connectivity index (χ0n) is 11.0. The molecule has 1 atom stereocenters. The van der Waals surface area contributed by atoms with Crippen LogP contribution in [0, 0.1) is 0 Å². The molecule has 0 aliphatic carbocycles. The molecule has 94 valence electrons. The minimum Gasteiger partial charge on any atom is -0.347 e. The van der Waals surface area contributed by atoms with E-state index in [1.54, 1.807) is 0 Å². The summed E-state index contributed by atoms with van der Waals surface area (Å²) in [6.45, 7) is 6.87. The molecule has 0 N–H and O–H groups in total. The van der Waals surface area contributed by atoms with E-state index in [1.165, 1.54) is 38.5 Å². The van der Waals surface area contributed by atoms with Crippen molar-refractivity contribution in [3.05, 3.63) is 12.2 Å². The number of rotatable bonds is 7. The third-order valence-electron chi connectivity index (χ3n) is 2.86. The van der Waals surface area contributed by atoms with Crippen molar-refractivity contribution in [1.82, 2.24) is 0 Å². The van der Waals surface area contributed by atoms with E-state index in [4.69, 9.17) is 9.47 Å². The number of hydrogen-bond donors (Lipinski definition) is 0. The Morgan fingerprint density at radius 1 is 1.19 bits per heavy atom. The van der Waals surface area contributed by atoms with Crippen LogP contribution in [0.25, 0.3) is 0 Å². The average Bonchev–Trinajstić information content (AvgIpc) is 2.57. The standard InChI is InChI=1S/C14H26O2/c1-4-5-6-7-8-9-10-11-13-12-15-14(2,3)16-13/h10-11,13H,4-9,12H2,1-3H3/b11-10+/t13-/m0/s1. The van der Waals surface area contributed by atoms with E-state index in [0.717, 1.165) is 0 Å². The third-order valence-corrected chi connectivity index (χ3v) is 2.86. The second-order valence-corrected chi connectivity index (χ2v) is 5.00. The van der Waals surface area contributed by atoms with Crippen molar-refractivity contribution in [3.8, 4) is 0 Å². The number of unbranched alkanes of at least 4 members (excludes halogenated alkanes) is 5. The highest BCUT2D eigenvalue weighted by atomic mass is 16.7. The maximum Gasteiger partial charge on any atom is 0.163 e. The molecule has 16 heavy (non-hydrogen) atoms. The summed E-state index contributed by atoms with van der Waals surface area (Å²) in [5.74, 6) is -0.393. The second-order valence-electron chi connectivity index (χ2n) is 5.00. The van der Waals surface area contributed by atoms with Gasteiger partial charge >= 0.3 is 0 Å². The van der Waals surface area contributed by atoms with Gasteiger partial charge in [0, 0.05) is 0 Å². The van der Waals surface area contributed by atoms with Gasteiger partial charge < -0.3 is 9.47 Å². The predicted molar refractivity (Wildman–Crippen MR) is 67.4 cm³/mol. The van der Waals surface area contributed by atoms with Gasteiger partial charge in [-0.2, -0.15) is 0 Å². The Morgan fingerprint density at radius 3 is 2.56 bits per heavy atom. The van der Waals surface area contributed by atoms with E-state index in [1.807, 2.05) is 13.8 Å². The average molecular weight is 226 g/mol. The summed E-state index contributed by atoms with van der Waals surface area (Å²) >= 11 is 0. The predicted octanol–water partition coefficient (Wildman–Crippen LogP) is 4.05. The molecule has 2 nitrogen and oxygen atoms in total. The van der Waals surface area contributed by atoms with Gasteiger partial charge in [0.2, 0.25) is 0 Å². The molecule has 0 amide bonds. The summed E-state index contributed by atoms with van der Waals surface area (Å²) in [5, 5.41) is 0. The molecule has 0 unspecified atom stereocenters. The first-order chi connectivity index (χ1) is 7.64. The van der Waals surface area contributed by atoms with Gasteiger partial charge in [0.05, 0.1) is 6.61 Å². The molecular weight excluding hydrogens is 200 g/mol. The van der Waals surface area contributed by atoms with Crippen LogP contribution in [-0.4, -0.2) is 18.5 Å². The van der Waals surface area contributed by atoms with Crippen LogP contribution < -0.4 is 0 Å². The first-order valence-corrected chi connectivity index (χ1v) is 6.62. The molecule has 0 aromatic carbocycles. The van der Waals surface area contributed by atoms with Crippen molar-refractivity contribution in [3.63, 3.8) is 0 Å². The van der Waals surface area contributed by atoms with Crippen LogP contribution in [0.1, 0.15) is 59.3 Å². The molecule has 1 heterocycles. The lowest BCUT2D eigenvalue weighted by Crippen LogP contribution is -2.20. The smallest absolute Gasteiger partial charge is 0.163 e. The fourth-order valence-electron chi connectivity index (χ4n) is 1.92. The lowest BCUT2D eigenvalue weighted by Gasteiger charge is -2.15. The fourth-order valence-corrected chi connectivity index (χ4v) is 1.92. The Morgan fingerprint density at radius 2 is 1.94 bits per heavy atom. The van der Waals surface area contributed by atoms with Crippen molar-refractivity contribution in [2.45, 2.75) is 71.2 Å². The Labute approximate surface area is 100 Å². The molecule has 0 spiro atoms. The van der Waals surface area contributed by atoms with Crippen molar-refractivity contribution in [1.29, 1.82) is 0 Å². The summed E-state index contributed by atoms with van der Waals surface area (Å²) in [4.78, 5) is 0. The topological polar surface area (TPSA) is 18.5 Å². The largest absolute Gasteiger partial charge is 0.347 e. The van der Waals surface area contributed by atoms with E-state index >= 15 is 0 Å². The van der Waals surface area contributed by atoms with Gasteiger partial charge in [-0.25, -0.2) is 0 Å². The molecule has 0 bridgehead atoms. The highest BCUT2D eigenvalue weighted by molar-refractivity contribution is 4.92. The third kappa shape index (κ3) is 5.66. The molecule has 0 saturated carbocycles. The minimum absolute atomic E-state index is 0.158. The van der Waals surface area contributed by atoms with E-state index in [2.05, 4.69) is 19.1 Å². The van der Waals surface area contributed by atoms with E-state index < -0.39 is 5.79 Å². The SMILES string of the molecule is CCCCCCC/C=C/[C@H]1COC(C)(C)O1. The van der Waals surface area contributed by atoms with E-state index in [9.17, 15) is 0 Å². The zero-order valence-corrected chi connectivity index (χ0v) is 11.0. The molecule has 1 aliphatic heterocycles. The highest BCUT2D eigenvalue weighted by Gasteiger charge is 2.30.